The van der Waals surface area contributed by atoms with Crippen LogP contribution in [0.25, 0.3) is 0 Å². The third kappa shape index (κ3) is 3.27. The van der Waals surface area contributed by atoms with Crippen molar-refractivity contribution in [2.45, 2.75) is 50.8 Å². The monoisotopic (exact) mass is 294 g/mol. The average Bonchev–Trinajstić information content (AvgIpc) is 2.79. The van der Waals surface area contributed by atoms with Crippen molar-refractivity contribution in [1.29, 1.82) is 0 Å². The van der Waals surface area contributed by atoms with Crippen LogP contribution in [-0.4, -0.2) is 44.1 Å². The molecular weight excluding hydrogens is 272 g/mol. The molecule has 21 heavy (non-hydrogen) atoms. The molecule has 0 aromatic heterocycles. The second-order valence-electron chi connectivity index (χ2n) is 5.84. The van der Waals surface area contributed by atoms with E-state index in [0.717, 1.165) is 5.56 Å². The van der Waals surface area contributed by atoms with Crippen LogP contribution in [-0.2, 0) is 30.3 Å². The SMILES string of the molecule is CO[C@H]1[C@H](OCc2ccccc2)OC[C@H]2OC(C)(C)O[C@@H]12. The van der Waals surface area contributed by atoms with Gasteiger partial charge in [0.05, 0.1) is 13.2 Å². The standard InChI is InChI=1S/C16H22O5/c1-16(2)20-12-10-19-15(14(17-3)13(12)21-16)18-9-11-7-5-4-6-8-11/h4-8,12-15H,9-10H2,1-3H3/t12-,13-,14-,15-/m1/s1. The fourth-order valence-corrected chi connectivity index (χ4v) is 2.85. The van der Waals surface area contributed by atoms with E-state index in [1.165, 1.54) is 0 Å². The summed E-state index contributed by atoms with van der Waals surface area (Å²) in [5, 5.41) is 0. The van der Waals surface area contributed by atoms with Gasteiger partial charge in [-0.15, -0.1) is 0 Å². The molecule has 5 heteroatoms. The van der Waals surface area contributed by atoms with Gasteiger partial charge in [-0.25, -0.2) is 0 Å². The third-order valence-corrected chi connectivity index (χ3v) is 3.77. The number of hydrogen-bond acceptors (Lipinski definition) is 5. The molecule has 2 aliphatic heterocycles. The van der Waals surface area contributed by atoms with Crippen LogP contribution < -0.4 is 0 Å². The van der Waals surface area contributed by atoms with E-state index < -0.39 is 12.1 Å². The molecule has 1 aromatic rings. The van der Waals surface area contributed by atoms with Gasteiger partial charge < -0.3 is 23.7 Å². The zero-order chi connectivity index (χ0) is 14.9. The second kappa shape index (κ2) is 6.02. The molecule has 0 N–H and O–H groups in total. The highest BCUT2D eigenvalue weighted by Gasteiger charge is 2.51. The van der Waals surface area contributed by atoms with Crippen molar-refractivity contribution in [2.75, 3.05) is 13.7 Å². The first-order valence-electron chi connectivity index (χ1n) is 7.24. The Bertz CT molecular complexity index is 461. The number of hydrogen-bond donors (Lipinski definition) is 0. The molecule has 2 fully saturated rings. The Morgan fingerprint density at radius 1 is 1.19 bits per heavy atom. The number of rotatable bonds is 4. The highest BCUT2D eigenvalue weighted by molar-refractivity contribution is 5.13. The summed E-state index contributed by atoms with van der Waals surface area (Å²) >= 11 is 0. The molecule has 0 saturated carbocycles. The molecule has 0 bridgehead atoms. The van der Waals surface area contributed by atoms with Crippen LogP contribution in [0.15, 0.2) is 30.3 Å². The van der Waals surface area contributed by atoms with Crippen molar-refractivity contribution in [3.8, 4) is 0 Å². The van der Waals surface area contributed by atoms with E-state index in [1.807, 2.05) is 44.2 Å². The van der Waals surface area contributed by atoms with Gasteiger partial charge in [0.25, 0.3) is 0 Å². The lowest BCUT2D eigenvalue weighted by Gasteiger charge is -2.36. The summed E-state index contributed by atoms with van der Waals surface area (Å²) < 4.78 is 28.9. The predicted molar refractivity (Wildman–Crippen MR) is 75.6 cm³/mol. The van der Waals surface area contributed by atoms with Gasteiger partial charge in [-0.3, -0.25) is 0 Å². The Kier molecular flexibility index (Phi) is 4.28. The zero-order valence-corrected chi connectivity index (χ0v) is 12.7. The van der Waals surface area contributed by atoms with Crippen molar-refractivity contribution >= 4 is 0 Å². The maximum Gasteiger partial charge on any atom is 0.186 e. The first-order chi connectivity index (χ1) is 10.1. The zero-order valence-electron chi connectivity index (χ0n) is 12.7. The highest BCUT2D eigenvalue weighted by Crippen LogP contribution is 2.35. The summed E-state index contributed by atoms with van der Waals surface area (Å²) in [5.41, 5.74) is 1.10. The second-order valence-corrected chi connectivity index (χ2v) is 5.84. The molecule has 2 heterocycles. The van der Waals surface area contributed by atoms with E-state index in [9.17, 15) is 0 Å². The van der Waals surface area contributed by atoms with Crippen molar-refractivity contribution in [3.63, 3.8) is 0 Å². The van der Waals surface area contributed by atoms with E-state index >= 15 is 0 Å². The highest BCUT2D eigenvalue weighted by atomic mass is 16.8. The van der Waals surface area contributed by atoms with Gasteiger partial charge >= 0.3 is 0 Å². The Balaban J connectivity index is 1.64. The van der Waals surface area contributed by atoms with Gasteiger partial charge in [-0.1, -0.05) is 30.3 Å². The fourth-order valence-electron chi connectivity index (χ4n) is 2.85. The van der Waals surface area contributed by atoms with Crippen LogP contribution in [0, 0.1) is 0 Å². The summed E-state index contributed by atoms with van der Waals surface area (Å²) in [5.74, 6) is -0.607. The van der Waals surface area contributed by atoms with Crippen LogP contribution in [0.3, 0.4) is 0 Å². The number of fused-ring (bicyclic) bond motifs is 1. The lowest BCUT2D eigenvalue weighted by Crippen LogP contribution is -2.53. The minimum atomic E-state index is -0.607. The lowest BCUT2D eigenvalue weighted by atomic mass is 10.1. The summed E-state index contributed by atoms with van der Waals surface area (Å²) in [6.07, 6.45) is -1.02. The van der Waals surface area contributed by atoms with E-state index in [0.29, 0.717) is 13.2 Å². The molecule has 0 spiro atoms. The molecule has 5 nitrogen and oxygen atoms in total. The minimum Gasteiger partial charge on any atom is -0.373 e. The fraction of sp³-hybridized carbons (Fsp3) is 0.625. The molecule has 0 unspecified atom stereocenters. The first-order valence-corrected chi connectivity index (χ1v) is 7.24. The molecule has 2 saturated heterocycles. The van der Waals surface area contributed by atoms with Crippen molar-refractivity contribution in [2.24, 2.45) is 0 Å². The molecule has 2 aliphatic rings. The van der Waals surface area contributed by atoms with Gasteiger partial charge in [0, 0.05) is 7.11 Å². The largest absolute Gasteiger partial charge is 0.373 e. The van der Waals surface area contributed by atoms with E-state index in [1.54, 1.807) is 7.11 Å². The number of methoxy groups -OCH3 is 1. The van der Waals surface area contributed by atoms with Crippen LogP contribution >= 0.6 is 0 Å². The van der Waals surface area contributed by atoms with E-state index in [2.05, 4.69) is 0 Å². The molecule has 0 amide bonds. The summed E-state index contributed by atoms with van der Waals surface area (Å²) in [7, 11) is 1.64. The van der Waals surface area contributed by atoms with Gasteiger partial charge in [0.2, 0.25) is 0 Å². The van der Waals surface area contributed by atoms with E-state index in [4.69, 9.17) is 23.7 Å². The maximum atomic E-state index is 5.93. The molecule has 0 aliphatic carbocycles. The van der Waals surface area contributed by atoms with Crippen molar-refractivity contribution in [1.82, 2.24) is 0 Å². The van der Waals surface area contributed by atoms with Gasteiger partial charge in [-0.2, -0.15) is 0 Å². The Morgan fingerprint density at radius 3 is 2.67 bits per heavy atom. The normalized spacial score (nSPS) is 34.6. The molecule has 116 valence electrons. The smallest absolute Gasteiger partial charge is 0.186 e. The Hall–Kier alpha value is -0.980. The predicted octanol–water partition coefficient (Wildman–Crippen LogP) is 2.09. The Morgan fingerprint density at radius 2 is 1.95 bits per heavy atom. The van der Waals surface area contributed by atoms with Gasteiger partial charge in [0.15, 0.2) is 12.1 Å². The topological polar surface area (TPSA) is 46.2 Å². The van der Waals surface area contributed by atoms with E-state index in [-0.39, 0.29) is 18.3 Å². The lowest BCUT2D eigenvalue weighted by molar-refractivity contribution is -0.261. The van der Waals surface area contributed by atoms with Crippen LogP contribution in [0.5, 0.6) is 0 Å². The minimum absolute atomic E-state index is 0.110. The van der Waals surface area contributed by atoms with Crippen LogP contribution in [0.2, 0.25) is 0 Å². The first kappa shape index (κ1) is 14.9. The third-order valence-electron chi connectivity index (χ3n) is 3.77. The molecule has 3 rings (SSSR count). The van der Waals surface area contributed by atoms with Crippen molar-refractivity contribution < 1.29 is 23.7 Å². The molecule has 4 atom stereocenters. The molecular formula is C16H22O5. The van der Waals surface area contributed by atoms with Crippen molar-refractivity contribution in [3.05, 3.63) is 35.9 Å². The summed E-state index contributed by atoms with van der Waals surface area (Å²) in [6.45, 7) is 4.73. The Labute approximate surface area is 125 Å². The number of ether oxygens (including phenoxy) is 5. The average molecular weight is 294 g/mol. The number of benzene rings is 1. The summed E-state index contributed by atoms with van der Waals surface area (Å²) in [4.78, 5) is 0. The van der Waals surface area contributed by atoms with Crippen LogP contribution in [0.4, 0.5) is 0 Å². The maximum absolute atomic E-state index is 5.93. The van der Waals surface area contributed by atoms with Crippen LogP contribution in [0.1, 0.15) is 19.4 Å². The summed E-state index contributed by atoms with van der Waals surface area (Å²) in [6, 6.07) is 9.99. The van der Waals surface area contributed by atoms with Gasteiger partial charge in [0.1, 0.15) is 18.3 Å². The van der Waals surface area contributed by atoms with Gasteiger partial charge in [-0.05, 0) is 19.4 Å². The quantitative estimate of drug-likeness (QED) is 0.851. The molecule has 1 aromatic carbocycles. The molecule has 0 radical (unpaired) electrons.